The van der Waals surface area contributed by atoms with Crippen LogP contribution in [0, 0.1) is 0 Å². The molecule has 2 rings (SSSR count). The number of nitrogens with zero attached hydrogens (tertiary/aromatic N) is 1. The predicted octanol–water partition coefficient (Wildman–Crippen LogP) is 2.81. The van der Waals surface area contributed by atoms with E-state index in [2.05, 4.69) is 26.1 Å². The Bertz CT molecular complexity index is 560. The molecule has 0 saturated heterocycles. The number of H-pyrrole nitrogens is 1. The van der Waals surface area contributed by atoms with E-state index in [1.807, 2.05) is 18.2 Å². The maximum absolute atomic E-state index is 10.4. The highest BCUT2D eigenvalue weighted by molar-refractivity contribution is 9.10. The molecule has 0 unspecified atom stereocenters. The normalized spacial score (nSPS) is 11.3. The van der Waals surface area contributed by atoms with Crippen LogP contribution < -0.4 is 0 Å². The molecule has 1 heterocycles. The third-order valence-corrected chi connectivity index (χ3v) is 2.62. The van der Waals surface area contributed by atoms with E-state index < -0.39 is 5.97 Å². The molecule has 0 bridgehead atoms. The molecule has 0 atom stereocenters. The number of hydrogen-bond donors (Lipinski definition) is 2. The molecule has 1 aromatic carbocycles. The average molecular weight is 281 g/mol. The van der Waals surface area contributed by atoms with Gasteiger partial charge in [-0.05, 0) is 24.3 Å². The molecule has 2 N–H and O–H groups in total. The molecule has 0 fully saturated rings. The van der Waals surface area contributed by atoms with E-state index >= 15 is 0 Å². The van der Waals surface area contributed by atoms with E-state index in [4.69, 9.17) is 5.11 Å². The van der Waals surface area contributed by atoms with Gasteiger partial charge >= 0.3 is 5.97 Å². The predicted molar refractivity (Wildman–Crippen MR) is 65.1 cm³/mol. The van der Waals surface area contributed by atoms with Crippen molar-refractivity contribution in [2.24, 2.45) is 0 Å². The maximum Gasteiger partial charge on any atom is 0.307 e. The van der Waals surface area contributed by atoms with Crippen molar-refractivity contribution in [1.29, 1.82) is 0 Å². The molecule has 0 aliphatic rings. The molecule has 16 heavy (non-hydrogen) atoms. The fourth-order valence-corrected chi connectivity index (χ4v) is 1.77. The molecular formula is C11H9BrN2O2. The van der Waals surface area contributed by atoms with Crippen molar-refractivity contribution >= 4 is 38.9 Å². The minimum atomic E-state index is -0.848. The van der Waals surface area contributed by atoms with Crippen molar-refractivity contribution < 1.29 is 9.90 Å². The molecule has 2 aromatic rings. The Balaban J connectivity index is 2.32. The lowest BCUT2D eigenvalue weighted by molar-refractivity contribution is -0.135. The van der Waals surface area contributed by atoms with Crippen LogP contribution in [-0.2, 0) is 4.79 Å². The van der Waals surface area contributed by atoms with E-state index in [-0.39, 0.29) is 6.42 Å². The van der Waals surface area contributed by atoms with Crippen LogP contribution in [0.3, 0.4) is 0 Å². The number of carboxylic acid groups (broad SMARTS) is 1. The number of hydrogen-bond acceptors (Lipinski definition) is 2. The van der Waals surface area contributed by atoms with Gasteiger partial charge in [0.25, 0.3) is 0 Å². The topological polar surface area (TPSA) is 66.0 Å². The second-order valence-corrected chi connectivity index (χ2v) is 4.21. The van der Waals surface area contributed by atoms with Gasteiger partial charge in [0.05, 0.1) is 17.6 Å². The largest absolute Gasteiger partial charge is 0.481 e. The third-order valence-electron chi connectivity index (χ3n) is 2.12. The van der Waals surface area contributed by atoms with Gasteiger partial charge in [-0.15, -0.1) is 0 Å². The molecule has 0 radical (unpaired) electrons. The van der Waals surface area contributed by atoms with Crippen LogP contribution in [0.1, 0.15) is 12.1 Å². The van der Waals surface area contributed by atoms with E-state index in [0.717, 1.165) is 21.1 Å². The Labute approximate surface area is 100 Å². The first-order chi connectivity index (χ1) is 7.66. The van der Waals surface area contributed by atoms with E-state index in [1.54, 1.807) is 12.2 Å². The van der Waals surface area contributed by atoms with Gasteiger partial charge in [-0.25, -0.2) is 0 Å². The zero-order valence-corrected chi connectivity index (χ0v) is 9.86. The molecule has 5 heteroatoms. The zero-order valence-electron chi connectivity index (χ0n) is 8.27. The van der Waals surface area contributed by atoms with Crippen molar-refractivity contribution in [3.05, 3.63) is 34.4 Å². The number of carboxylic acids is 1. The highest BCUT2D eigenvalue weighted by Gasteiger charge is 2.02. The van der Waals surface area contributed by atoms with Crippen LogP contribution in [0.5, 0.6) is 0 Å². The number of aromatic nitrogens is 2. The van der Waals surface area contributed by atoms with Gasteiger partial charge in [-0.2, -0.15) is 5.10 Å². The molecule has 82 valence electrons. The molecule has 0 saturated carbocycles. The molecular weight excluding hydrogens is 272 g/mol. The van der Waals surface area contributed by atoms with Crippen molar-refractivity contribution in [2.45, 2.75) is 6.42 Å². The summed E-state index contributed by atoms with van der Waals surface area (Å²) in [6, 6.07) is 5.78. The Kier molecular flexibility index (Phi) is 3.05. The zero-order chi connectivity index (χ0) is 11.5. The molecule has 0 aliphatic heterocycles. The molecule has 1 aromatic heterocycles. The van der Waals surface area contributed by atoms with Crippen LogP contribution in [0.25, 0.3) is 17.0 Å². The number of aromatic amines is 1. The van der Waals surface area contributed by atoms with Gasteiger partial charge in [0.15, 0.2) is 0 Å². The summed E-state index contributed by atoms with van der Waals surface area (Å²) in [5, 5.41) is 16.5. The van der Waals surface area contributed by atoms with Gasteiger partial charge in [-0.1, -0.05) is 22.0 Å². The second-order valence-electron chi connectivity index (χ2n) is 3.30. The fraction of sp³-hybridized carbons (Fsp3) is 0.0909. The minimum absolute atomic E-state index is 0.00484. The summed E-state index contributed by atoms with van der Waals surface area (Å²) >= 11 is 3.37. The van der Waals surface area contributed by atoms with E-state index in [1.165, 1.54) is 0 Å². The van der Waals surface area contributed by atoms with Crippen molar-refractivity contribution in [3.8, 4) is 0 Å². The summed E-state index contributed by atoms with van der Waals surface area (Å²) in [6.07, 6.45) is 3.30. The summed E-state index contributed by atoms with van der Waals surface area (Å²) in [7, 11) is 0. The highest BCUT2D eigenvalue weighted by atomic mass is 79.9. The lowest BCUT2D eigenvalue weighted by Crippen LogP contribution is -1.89. The Morgan fingerprint density at radius 1 is 1.56 bits per heavy atom. The summed E-state index contributed by atoms with van der Waals surface area (Å²) < 4.78 is 0.977. The smallest absolute Gasteiger partial charge is 0.307 e. The van der Waals surface area contributed by atoms with Crippen molar-refractivity contribution in [2.75, 3.05) is 0 Å². The summed E-state index contributed by atoms with van der Waals surface area (Å²) in [5.41, 5.74) is 1.67. The molecule has 4 nitrogen and oxygen atoms in total. The number of halogens is 1. The minimum Gasteiger partial charge on any atom is -0.481 e. The summed E-state index contributed by atoms with van der Waals surface area (Å²) in [4.78, 5) is 10.4. The Morgan fingerprint density at radius 3 is 3.12 bits per heavy atom. The summed E-state index contributed by atoms with van der Waals surface area (Å²) in [5.74, 6) is -0.848. The Morgan fingerprint density at radius 2 is 2.38 bits per heavy atom. The first-order valence-electron chi connectivity index (χ1n) is 4.69. The molecule has 0 aliphatic carbocycles. The molecule has 0 amide bonds. The number of nitrogens with one attached hydrogen (secondary N) is 1. The maximum atomic E-state index is 10.4. The van der Waals surface area contributed by atoms with Gasteiger partial charge in [0.2, 0.25) is 0 Å². The van der Waals surface area contributed by atoms with Crippen molar-refractivity contribution in [3.63, 3.8) is 0 Å². The number of aliphatic carboxylic acids is 1. The van der Waals surface area contributed by atoms with Gasteiger partial charge in [0, 0.05) is 9.86 Å². The van der Waals surface area contributed by atoms with Gasteiger partial charge in [0.1, 0.15) is 0 Å². The standard InChI is InChI=1S/C11H9BrN2O2/c12-7-4-5-8-9(2-1-3-11(15)16)13-14-10(8)6-7/h1-2,4-6H,3H2,(H,13,14)(H,15,16). The lowest BCUT2D eigenvalue weighted by atomic mass is 10.2. The second kappa shape index (κ2) is 4.49. The van der Waals surface area contributed by atoms with Crippen LogP contribution >= 0.6 is 15.9 Å². The van der Waals surface area contributed by atoms with E-state index in [9.17, 15) is 4.79 Å². The summed E-state index contributed by atoms with van der Waals surface area (Å²) in [6.45, 7) is 0. The van der Waals surface area contributed by atoms with Gasteiger partial charge < -0.3 is 5.11 Å². The first kappa shape index (κ1) is 10.9. The highest BCUT2D eigenvalue weighted by Crippen LogP contribution is 2.21. The quantitative estimate of drug-likeness (QED) is 0.909. The van der Waals surface area contributed by atoms with Crippen molar-refractivity contribution in [1.82, 2.24) is 10.2 Å². The number of fused-ring (bicyclic) bond motifs is 1. The van der Waals surface area contributed by atoms with Crippen LogP contribution in [0.2, 0.25) is 0 Å². The number of rotatable bonds is 3. The average Bonchev–Trinajstić information content (AvgIpc) is 2.60. The monoisotopic (exact) mass is 280 g/mol. The Hall–Kier alpha value is -1.62. The SMILES string of the molecule is O=C(O)CC=Cc1n[nH]c2cc(Br)ccc12. The van der Waals surface area contributed by atoms with E-state index in [0.29, 0.717) is 0 Å². The van der Waals surface area contributed by atoms with Crippen LogP contribution in [0.4, 0.5) is 0 Å². The third kappa shape index (κ3) is 2.30. The number of carbonyl (C=O) groups is 1. The molecule has 0 spiro atoms. The van der Waals surface area contributed by atoms with Crippen LogP contribution in [0.15, 0.2) is 28.7 Å². The van der Waals surface area contributed by atoms with Gasteiger partial charge in [-0.3, -0.25) is 9.89 Å². The first-order valence-corrected chi connectivity index (χ1v) is 5.48. The fourth-order valence-electron chi connectivity index (χ4n) is 1.41. The lowest BCUT2D eigenvalue weighted by Gasteiger charge is -1.91. The van der Waals surface area contributed by atoms with Crippen LogP contribution in [-0.4, -0.2) is 21.3 Å². The number of benzene rings is 1.